The zero-order valence-corrected chi connectivity index (χ0v) is 27.6. The van der Waals surface area contributed by atoms with Crippen LogP contribution < -0.4 is 16.1 Å². The van der Waals surface area contributed by atoms with E-state index in [0.717, 1.165) is 17.8 Å². The van der Waals surface area contributed by atoms with Gasteiger partial charge >= 0.3 is 12.1 Å². The number of aliphatic imine (C=N–C) groups is 1. The Morgan fingerprint density at radius 3 is 2.31 bits per heavy atom. The molecule has 0 aromatic carbocycles. The number of hydrogen-bond acceptors (Lipinski definition) is 8. The smallest absolute Gasteiger partial charge is 0.409 e. The molecule has 2 heterocycles. The molecule has 4 N–H and O–H groups in total. The van der Waals surface area contributed by atoms with Crippen molar-refractivity contribution in [1.29, 1.82) is 0 Å². The highest BCUT2D eigenvalue weighted by molar-refractivity contribution is 5.94. The Bertz CT molecular complexity index is 1220. The number of allylic oxidation sites excluding steroid dienone is 4. The number of hydrogen-bond donors (Lipinski definition) is 4. The fraction of sp³-hybridized carbons (Fsp3) is 0.625. The zero-order chi connectivity index (χ0) is 33.9. The molecule has 4 amide bonds. The SMILES string of the molecule is C=C(/C=C/C1(C(=O)NC(C(=O)NC(C)C(=O)N2CCCC(C(=O)O)N2)C(C)C)CCN(C(=O)OC)CC1)/C=C(\C)N=C(C)CC. The molecular weight excluding hydrogens is 580 g/mol. The predicted octanol–water partition coefficient (Wildman–Crippen LogP) is 2.95. The Morgan fingerprint density at radius 1 is 1.11 bits per heavy atom. The molecule has 2 saturated heterocycles. The molecule has 2 fully saturated rings. The topological polar surface area (TPSA) is 170 Å². The van der Waals surface area contributed by atoms with Gasteiger partial charge in [0.15, 0.2) is 0 Å². The highest BCUT2D eigenvalue weighted by Gasteiger charge is 2.42. The fourth-order valence-corrected chi connectivity index (χ4v) is 5.22. The van der Waals surface area contributed by atoms with Gasteiger partial charge < -0.3 is 25.4 Å². The number of methoxy groups -OCH3 is 1. The summed E-state index contributed by atoms with van der Waals surface area (Å²) >= 11 is 0. The lowest BCUT2D eigenvalue weighted by Crippen LogP contribution is -2.61. The normalized spacial score (nSPS) is 20.4. The first kappa shape index (κ1) is 37.2. The molecule has 0 radical (unpaired) electrons. The number of carbonyl (C=O) groups excluding carboxylic acids is 4. The number of carbonyl (C=O) groups is 5. The Morgan fingerprint density at radius 2 is 1.76 bits per heavy atom. The van der Waals surface area contributed by atoms with Crippen LogP contribution in [0.3, 0.4) is 0 Å². The lowest BCUT2D eigenvalue weighted by molar-refractivity contribution is -0.148. The second kappa shape index (κ2) is 16.9. The molecule has 2 aliphatic rings. The van der Waals surface area contributed by atoms with Gasteiger partial charge in [-0.15, -0.1) is 0 Å². The van der Waals surface area contributed by atoms with Gasteiger partial charge in [0.05, 0.1) is 12.5 Å². The number of aliphatic carboxylic acids is 1. The lowest BCUT2D eigenvalue weighted by Gasteiger charge is -2.39. The first-order valence-corrected chi connectivity index (χ1v) is 15.5. The Kier molecular flexibility index (Phi) is 14.0. The van der Waals surface area contributed by atoms with Crippen molar-refractivity contribution >= 4 is 35.5 Å². The van der Waals surface area contributed by atoms with E-state index in [4.69, 9.17) is 4.74 Å². The average molecular weight is 631 g/mol. The van der Waals surface area contributed by atoms with Gasteiger partial charge in [0.2, 0.25) is 11.8 Å². The largest absolute Gasteiger partial charge is 0.480 e. The van der Waals surface area contributed by atoms with Crippen molar-refractivity contribution in [3.05, 3.63) is 36.1 Å². The molecule has 0 spiro atoms. The molecule has 0 aromatic heterocycles. The van der Waals surface area contributed by atoms with Gasteiger partial charge in [-0.25, -0.2) is 10.2 Å². The molecule has 13 heteroatoms. The van der Waals surface area contributed by atoms with E-state index in [1.807, 2.05) is 26.8 Å². The summed E-state index contributed by atoms with van der Waals surface area (Å²) in [5, 5.41) is 16.1. The molecule has 2 aliphatic heterocycles. The molecule has 0 aromatic rings. The Hall–Kier alpha value is -4.00. The minimum atomic E-state index is -1.05. The van der Waals surface area contributed by atoms with E-state index in [0.29, 0.717) is 37.8 Å². The maximum absolute atomic E-state index is 14.0. The molecule has 3 atom stereocenters. The quantitative estimate of drug-likeness (QED) is 0.188. The monoisotopic (exact) mass is 630 g/mol. The van der Waals surface area contributed by atoms with Gasteiger partial charge in [0, 0.05) is 31.0 Å². The first-order valence-electron chi connectivity index (χ1n) is 15.5. The van der Waals surface area contributed by atoms with Crippen LogP contribution in [0.25, 0.3) is 0 Å². The summed E-state index contributed by atoms with van der Waals surface area (Å²) in [7, 11) is 1.31. The van der Waals surface area contributed by atoms with Crippen LogP contribution >= 0.6 is 0 Å². The van der Waals surface area contributed by atoms with Crippen LogP contribution in [0.2, 0.25) is 0 Å². The molecule has 3 unspecified atom stereocenters. The van der Waals surface area contributed by atoms with Crippen LogP contribution in [0, 0.1) is 11.3 Å². The van der Waals surface area contributed by atoms with E-state index < -0.39 is 47.4 Å². The number of nitrogens with zero attached hydrogens (tertiary/aromatic N) is 3. The summed E-state index contributed by atoms with van der Waals surface area (Å²) in [6.07, 6.45) is 7.20. The van der Waals surface area contributed by atoms with Crippen molar-refractivity contribution in [1.82, 2.24) is 26.0 Å². The van der Waals surface area contributed by atoms with Crippen molar-refractivity contribution in [2.75, 3.05) is 26.7 Å². The van der Waals surface area contributed by atoms with Gasteiger partial charge in [-0.05, 0) is 70.4 Å². The molecule has 0 bridgehead atoms. The Balaban J connectivity index is 2.24. The predicted molar refractivity (Wildman–Crippen MR) is 171 cm³/mol. The lowest BCUT2D eigenvalue weighted by atomic mass is 9.76. The van der Waals surface area contributed by atoms with E-state index in [2.05, 4.69) is 27.6 Å². The van der Waals surface area contributed by atoms with E-state index >= 15 is 0 Å². The fourth-order valence-electron chi connectivity index (χ4n) is 5.22. The van der Waals surface area contributed by atoms with Gasteiger partial charge in [0.25, 0.3) is 5.91 Å². The van der Waals surface area contributed by atoms with Gasteiger partial charge in [-0.3, -0.25) is 29.2 Å². The molecule has 0 saturated carbocycles. The average Bonchev–Trinajstić information content (AvgIpc) is 3.01. The van der Waals surface area contributed by atoms with Crippen LogP contribution in [0.4, 0.5) is 4.79 Å². The molecule has 250 valence electrons. The van der Waals surface area contributed by atoms with Crippen LogP contribution in [0.5, 0.6) is 0 Å². The first-order chi connectivity index (χ1) is 21.1. The standard InChI is InChI=1S/C32H50N6O7/c1-9-22(5)33-23(6)19-21(4)12-13-32(14-17-37(18-15-32)31(44)45-8)30(43)35-26(20(2)3)27(39)34-24(7)28(40)38-16-10-11-25(36-38)29(41)42/h12-13,19-20,24-26,36H,4,9-11,14-18H2,1-3,5-8H3,(H,34,39)(H,35,43)(H,41,42)/b13-12+,23-19+,33-22?. The summed E-state index contributed by atoms with van der Waals surface area (Å²) in [5.74, 6) is -2.77. The molecule has 2 rings (SSSR count). The van der Waals surface area contributed by atoms with Crippen LogP contribution in [0.15, 0.2) is 41.1 Å². The third-order valence-corrected chi connectivity index (χ3v) is 8.15. The van der Waals surface area contributed by atoms with E-state index in [1.165, 1.54) is 23.9 Å². The van der Waals surface area contributed by atoms with Crippen molar-refractivity contribution in [3.8, 4) is 0 Å². The van der Waals surface area contributed by atoms with Crippen molar-refractivity contribution in [3.63, 3.8) is 0 Å². The summed E-state index contributed by atoms with van der Waals surface area (Å²) in [5.41, 5.74) is 4.06. The van der Waals surface area contributed by atoms with Crippen molar-refractivity contribution < 1.29 is 33.8 Å². The highest BCUT2D eigenvalue weighted by Crippen LogP contribution is 2.35. The number of carboxylic acids is 1. The second-order valence-electron chi connectivity index (χ2n) is 12.1. The maximum Gasteiger partial charge on any atom is 0.409 e. The maximum atomic E-state index is 14.0. The molecule has 45 heavy (non-hydrogen) atoms. The number of rotatable bonds is 12. The van der Waals surface area contributed by atoms with E-state index in [9.17, 15) is 29.1 Å². The third-order valence-electron chi connectivity index (χ3n) is 8.15. The number of carboxylic acid groups (broad SMARTS) is 1. The van der Waals surface area contributed by atoms with Crippen molar-refractivity contribution in [2.24, 2.45) is 16.3 Å². The van der Waals surface area contributed by atoms with E-state index in [1.54, 1.807) is 26.0 Å². The van der Waals surface area contributed by atoms with Gasteiger partial charge in [-0.2, -0.15) is 0 Å². The van der Waals surface area contributed by atoms with Crippen LogP contribution in [-0.2, 0) is 23.9 Å². The molecule has 0 aliphatic carbocycles. The number of ether oxygens (including phenoxy) is 1. The third kappa shape index (κ3) is 10.5. The van der Waals surface area contributed by atoms with Crippen molar-refractivity contribution in [2.45, 2.75) is 91.8 Å². The number of nitrogens with one attached hydrogen (secondary N) is 3. The number of likely N-dealkylation sites (tertiary alicyclic amines) is 1. The minimum Gasteiger partial charge on any atom is -0.480 e. The number of piperidine rings is 1. The molecule has 13 nitrogen and oxygen atoms in total. The summed E-state index contributed by atoms with van der Waals surface area (Å²) in [4.78, 5) is 70.0. The van der Waals surface area contributed by atoms with Crippen LogP contribution in [-0.4, -0.2) is 95.4 Å². The summed E-state index contributed by atoms with van der Waals surface area (Å²) < 4.78 is 4.86. The van der Waals surface area contributed by atoms with Gasteiger partial charge in [0.1, 0.15) is 18.1 Å². The number of hydrazine groups is 1. The second-order valence-corrected chi connectivity index (χ2v) is 12.1. The zero-order valence-electron chi connectivity index (χ0n) is 27.6. The minimum absolute atomic E-state index is 0.274. The summed E-state index contributed by atoms with van der Waals surface area (Å²) in [6, 6.07) is -2.81. The van der Waals surface area contributed by atoms with E-state index in [-0.39, 0.29) is 24.9 Å². The van der Waals surface area contributed by atoms with Gasteiger partial charge in [-0.1, -0.05) is 39.5 Å². The number of amides is 4. The summed E-state index contributed by atoms with van der Waals surface area (Å²) in [6.45, 7) is 15.9. The Labute approximate surface area is 266 Å². The highest BCUT2D eigenvalue weighted by atomic mass is 16.5. The molecular formula is C32H50N6O7. The van der Waals surface area contributed by atoms with Crippen LogP contribution in [0.1, 0.15) is 73.6 Å².